The molecule has 0 aliphatic heterocycles. The van der Waals surface area contributed by atoms with Crippen LogP contribution in [0.25, 0.3) is 0 Å². The Kier molecular flexibility index (Phi) is 4.05. The zero-order valence-electron chi connectivity index (χ0n) is 9.64. The molecule has 1 unspecified atom stereocenters. The Labute approximate surface area is 98.9 Å². The number of nitrogens with zero attached hydrogens (tertiary/aromatic N) is 2. The number of hydrogen-bond donors (Lipinski definition) is 1. The van der Waals surface area contributed by atoms with Crippen LogP contribution < -0.4 is 4.90 Å². The van der Waals surface area contributed by atoms with Gasteiger partial charge in [0.2, 0.25) is 0 Å². The molecule has 1 atom stereocenters. The Hall–Kier alpha value is -2.09. The standard InChI is InChI=1S/C12H13FN2O2/c1-8(6-14)7-15(2)10-5-3-4-9(13)11(10)12(16)17/h3-5,8H,7H2,1-2H3,(H,16,17). The Balaban J connectivity index is 3.10. The number of nitriles is 1. The van der Waals surface area contributed by atoms with Crippen LogP contribution in [0.3, 0.4) is 0 Å². The fourth-order valence-corrected chi connectivity index (χ4v) is 1.59. The highest BCUT2D eigenvalue weighted by molar-refractivity contribution is 5.94. The van der Waals surface area contributed by atoms with Crippen molar-refractivity contribution in [1.29, 1.82) is 5.26 Å². The Morgan fingerprint density at radius 2 is 2.29 bits per heavy atom. The summed E-state index contributed by atoms with van der Waals surface area (Å²) in [6, 6.07) is 6.13. The second-order valence-electron chi connectivity index (χ2n) is 3.85. The Morgan fingerprint density at radius 3 is 2.82 bits per heavy atom. The number of hydrogen-bond acceptors (Lipinski definition) is 3. The molecule has 0 radical (unpaired) electrons. The summed E-state index contributed by atoms with van der Waals surface area (Å²) >= 11 is 0. The van der Waals surface area contributed by atoms with E-state index in [2.05, 4.69) is 0 Å². The number of benzene rings is 1. The molecule has 5 heteroatoms. The first-order valence-corrected chi connectivity index (χ1v) is 5.10. The Morgan fingerprint density at radius 1 is 1.65 bits per heavy atom. The highest BCUT2D eigenvalue weighted by Gasteiger charge is 2.19. The molecule has 0 heterocycles. The van der Waals surface area contributed by atoms with Gasteiger partial charge in [0.15, 0.2) is 0 Å². The molecular formula is C12H13FN2O2. The predicted molar refractivity (Wildman–Crippen MR) is 61.4 cm³/mol. The van der Waals surface area contributed by atoms with Crippen LogP contribution in [0.5, 0.6) is 0 Å². The summed E-state index contributed by atoms with van der Waals surface area (Å²) in [5, 5.41) is 17.7. The van der Waals surface area contributed by atoms with Gasteiger partial charge in [-0.05, 0) is 19.1 Å². The van der Waals surface area contributed by atoms with Gasteiger partial charge in [-0.15, -0.1) is 0 Å². The normalized spacial score (nSPS) is 11.6. The molecule has 0 fully saturated rings. The molecule has 0 spiro atoms. The van der Waals surface area contributed by atoms with Crippen LogP contribution in [0.1, 0.15) is 17.3 Å². The minimum atomic E-state index is -1.31. The van der Waals surface area contributed by atoms with Crippen LogP contribution in [-0.2, 0) is 0 Å². The van der Waals surface area contributed by atoms with Gasteiger partial charge in [-0.25, -0.2) is 9.18 Å². The van der Waals surface area contributed by atoms with Gasteiger partial charge in [0.05, 0.1) is 17.7 Å². The topological polar surface area (TPSA) is 64.3 Å². The van der Waals surface area contributed by atoms with Crippen LogP contribution in [0, 0.1) is 23.1 Å². The summed E-state index contributed by atoms with van der Waals surface area (Å²) in [7, 11) is 1.63. The number of halogens is 1. The number of anilines is 1. The van der Waals surface area contributed by atoms with Crippen molar-refractivity contribution in [3.8, 4) is 6.07 Å². The summed E-state index contributed by atoms with van der Waals surface area (Å²) in [6.45, 7) is 2.07. The van der Waals surface area contributed by atoms with Crippen LogP contribution in [0.15, 0.2) is 18.2 Å². The molecule has 0 aromatic heterocycles. The van der Waals surface area contributed by atoms with Crippen molar-refractivity contribution in [3.05, 3.63) is 29.6 Å². The summed E-state index contributed by atoms with van der Waals surface area (Å²) in [5.74, 6) is -2.34. The lowest BCUT2D eigenvalue weighted by molar-refractivity contribution is 0.0692. The molecule has 0 saturated carbocycles. The maximum absolute atomic E-state index is 13.4. The summed E-state index contributed by atoms with van der Waals surface area (Å²) in [6.07, 6.45) is 0. The van der Waals surface area contributed by atoms with Crippen molar-refractivity contribution in [2.75, 3.05) is 18.5 Å². The minimum Gasteiger partial charge on any atom is -0.478 e. The lowest BCUT2D eigenvalue weighted by Gasteiger charge is -2.22. The molecule has 1 aromatic carbocycles. The van der Waals surface area contributed by atoms with Gasteiger partial charge in [0.1, 0.15) is 11.4 Å². The van der Waals surface area contributed by atoms with E-state index in [0.29, 0.717) is 6.54 Å². The third-order valence-electron chi connectivity index (χ3n) is 2.38. The van der Waals surface area contributed by atoms with Crippen molar-refractivity contribution in [2.24, 2.45) is 5.92 Å². The number of carboxylic acid groups (broad SMARTS) is 1. The van der Waals surface area contributed by atoms with Crippen molar-refractivity contribution < 1.29 is 14.3 Å². The number of aromatic carboxylic acids is 1. The van der Waals surface area contributed by atoms with E-state index >= 15 is 0 Å². The maximum atomic E-state index is 13.4. The number of carbonyl (C=O) groups is 1. The van der Waals surface area contributed by atoms with E-state index in [4.69, 9.17) is 10.4 Å². The zero-order valence-corrected chi connectivity index (χ0v) is 9.64. The Bertz CT molecular complexity index is 468. The molecule has 90 valence electrons. The van der Waals surface area contributed by atoms with Crippen molar-refractivity contribution in [2.45, 2.75) is 6.92 Å². The highest BCUT2D eigenvalue weighted by Crippen LogP contribution is 2.22. The maximum Gasteiger partial charge on any atom is 0.340 e. The third kappa shape index (κ3) is 2.94. The third-order valence-corrected chi connectivity index (χ3v) is 2.38. The van der Waals surface area contributed by atoms with E-state index in [1.54, 1.807) is 18.9 Å². The quantitative estimate of drug-likeness (QED) is 0.869. The minimum absolute atomic E-state index is 0.259. The molecule has 4 nitrogen and oxygen atoms in total. The van der Waals surface area contributed by atoms with E-state index in [0.717, 1.165) is 6.07 Å². The second kappa shape index (κ2) is 5.30. The SMILES string of the molecule is CC(C#N)CN(C)c1cccc(F)c1C(=O)O. The molecular weight excluding hydrogens is 223 g/mol. The van der Waals surface area contributed by atoms with Crippen molar-refractivity contribution in [3.63, 3.8) is 0 Å². The molecule has 1 rings (SSSR count). The van der Waals surface area contributed by atoms with Gasteiger partial charge >= 0.3 is 5.97 Å². The zero-order chi connectivity index (χ0) is 13.0. The highest BCUT2D eigenvalue weighted by atomic mass is 19.1. The number of rotatable bonds is 4. The first-order chi connectivity index (χ1) is 7.97. The van der Waals surface area contributed by atoms with Crippen molar-refractivity contribution in [1.82, 2.24) is 0 Å². The number of carboxylic acids is 1. The largest absolute Gasteiger partial charge is 0.478 e. The molecule has 0 aliphatic carbocycles. The van der Waals surface area contributed by atoms with E-state index in [1.807, 2.05) is 6.07 Å². The first-order valence-electron chi connectivity index (χ1n) is 5.10. The first kappa shape index (κ1) is 13.0. The van der Waals surface area contributed by atoms with E-state index < -0.39 is 11.8 Å². The van der Waals surface area contributed by atoms with Gasteiger partial charge in [-0.3, -0.25) is 0 Å². The van der Waals surface area contributed by atoms with Gasteiger partial charge in [0.25, 0.3) is 0 Å². The lowest BCUT2D eigenvalue weighted by atomic mass is 10.1. The summed E-state index contributed by atoms with van der Waals surface area (Å²) in [5.41, 5.74) is -0.0836. The average Bonchev–Trinajstić information content (AvgIpc) is 2.27. The van der Waals surface area contributed by atoms with Crippen LogP contribution >= 0.6 is 0 Å². The van der Waals surface area contributed by atoms with Crippen LogP contribution in [-0.4, -0.2) is 24.7 Å². The van der Waals surface area contributed by atoms with Gasteiger partial charge < -0.3 is 10.0 Å². The van der Waals surface area contributed by atoms with Crippen molar-refractivity contribution >= 4 is 11.7 Å². The van der Waals surface area contributed by atoms with Gasteiger partial charge in [0, 0.05) is 13.6 Å². The van der Waals surface area contributed by atoms with Crippen LogP contribution in [0.4, 0.5) is 10.1 Å². The second-order valence-corrected chi connectivity index (χ2v) is 3.85. The van der Waals surface area contributed by atoms with Gasteiger partial charge in [-0.2, -0.15) is 5.26 Å². The smallest absolute Gasteiger partial charge is 0.340 e. The summed E-state index contributed by atoms with van der Waals surface area (Å²) in [4.78, 5) is 12.5. The monoisotopic (exact) mass is 236 g/mol. The average molecular weight is 236 g/mol. The van der Waals surface area contributed by atoms with E-state index in [-0.39, 0.29) is 17.2 Å². The molecule has 1 N–H and O–H groups in total. The predicted octanol–water partition coefficient (Wildman–Crippen LogP) is 2.12. The van der Waals surface area contributed by atoms with E-state index in [1.165, 1.54) is 12.1 Å². The molecule has 0 saturated heterocycles. The molecule has 0 bridgehead atoms. The molecule has 0 aliphatic rings. The molecule has 17 heavy (non-hydrogen) atoms. The lowest BCUT2D eigenvalue weighted by Crippen LogP contribution is -2.25. The van der Waals surface area contributed by atoms with Crippen LogP contribution in [0.2, 0.25) is 0 Å². The molecule has 1 aromatic rings. The summed E-state index contributed by atoms with van der Waals surface area (Å²) < 4.78 is 13.4. The fourth-order valence-electron chi connectivity index (χ4n) is 1.59. The van der Waals surface area contributed by atoms with E-state index in [9.17, 15) is 9.18 Å². The fraction of sp³-hybridized carbons (Fsp3) is 0.333. The molecule has 0 amide bonds. The van der Waals surface area contributed by atoms with Gasteiger partial charge in [-0.1, -0.05) is 6.07 Å².